The second kappa shape index (κ2) is 7.79. The molecule has 0 aliphatic carbocycles. The third-order valence-corrected chi connectivity index (χ3v) is 4.47. The van der Waals surface area contributed by atoms with E-state index in [9.17, 15) is 4.79 Å². The molecule has 1 amide bonds. The monoisotopic (exact) mass is 420 g/mol. The van der Waals surface area contributed by atoms with Crippen LogP contribution in [-0.2, 0) is 0 Å². The van der Waals surface area contributed by atoms with E-state index in [2.05, 4.69) is 10.9 Å². The third kappa shape index (κ3) is 4.18. The SMILES string of the molecule is O=C(NNc1c(Cl)cc(Cl)cc1Cl)c1cc(Cl)c2c(c1)OCCCO2. The fraction of sp³-hybridized carbons (Fsp3) is 0.188. The number of carbonyl (C=O) groups is 1. The lowest BCUT2D eigenvalue weighted by Gasteiger charge is -2.14. The molecule has 0 saturated heterocycles. The van der Waals surface area contributed by atoms with Gasteiger partial charge in [-0.25, -0.2) is 0 Å². The van der Waals surface area contributed by atoms with E-state index in [1.54, 1.807) is 6.07 Å². The van der Waals surface area contributed by atoms with Gasteiger partial charge in [-0.1, -0.05) is 46.4 Å². The second-order valence-corrected chi connectivity index (χ2v) is 6.82. The van der Waals surface area contributed by atoms with E-state index >= 15 is 0 Å². The van der Waals surface area contributed by atoms with Gasteiger partial charge in [-0.05, 0) is 24.3 Å². The van der Waals surface area contributed by atoms with Gasteiger partial charge < -0.3 is 9.47 Å². The lowest BCUT2D eigenvalue weighted by molar-refractivity contribution is 0.0962. The van der Waals surface area contributed by atoms with E-state index in [1.807, 2.05) is 0 Å². The number of hydrogen-bond acceptors (Lipinski definition) is 4. The van der Waals surface area contributed by atoms with Crippen LogP contribution in [0.5, 0.6) is 11.5 Å². The van der Waals surface area contributed by atoms with Crippen LogP contribution in [0.4, 0.5) is 5.69 Å². The molecule has 132 valence electrons. The second-order valence-electron chi connectivity index (χ2n) is 5.16. The Kier molecular flexibility index (Phi) is 5.69. The van der Waals surface area contributed by atoms with Crippen LogP contribution in [0, 0.1) is 0 Å². The number of anilines is 1. The van der Waals surface area contributed by atoms with Gasteiger partial charge in [0.05, 0.1) is 34.0 Å². The average molecular weight is 422 g/mol. The lowest BCUT2D eigenvalue weighted by atomic mass is 10.2. The summed E-state index contributed by atoms with van der Waals surface area (Å²) in [6, 6.07) is 6.08. The van der Waals surface area contributed by atoms with Gasteiger partial charge >= 0.3 is 0 Å². The Labute approximate surface area is 164 Å². The minimum atomic E-state index is -0.445. The Bertz CT molecular complexity index is 806. The van der Waals surface area contributed by atoms with Gasteiger partial charge in [0.15, 0.2) is 11.5 Å². The first-order chi connectivity index (χ1) is 12.0. The molecule has 1 heterocycles. The van der Waals surface area contributed by atoms with Crippen molar-refractivity contribution in [1.82, 2.24) is 5.43 Å². The van der Waals surface area contributed by atoms with Crippen LogP contribution in [0.3, 0.4) is 0 Å². The first-order valence-electron chi connectivity index (χ1n) is 7.26. The van der Waals surface area contributed by atoms with Gasteiger partial charge in [-0.2, -0.15) is 0 Å². The molecule has 0 radical (unpaired) electrons. The third-order valence-electron chi connectivity index (χ3n) is 3.37. The van der Waals surface area contributed by atoms with Crippen molar-refractivity contribution in [2.75, 3.05) is 18.6 Å². The Balaban J connectivity index is 1.78. The molecule has 9 heteroatoms. The van der Waals surface area contributed by atoms with E-state index in [0.717, 1.165) is 6.42 Å². The molecule has 3 rings (SSSR count). The summed E-state index contributed by atoms with van der Waals surface area (Å²) >= 11 is 24.2. The van der Waals surface area contributed by atoms with Crippen LogP contribution < -0.4 is 20.3 Å². The van der Waals surface area contributed by atoms with E-state index in [-0.39, 0.29) is 10.0 Å². The predicted octanol–water partition coefficient (Wildman–Crippen LogP) is 5.22. The maximum Gasteiger partial charge on any atom is 0.269 e. The van der Waals surface area contributed by atoms with Gasteiger partial charge in [0.2, 0.25) is 0 Å². The van der Waals surface area contributed by atoms with E-state index < -0.39 is 5.91 Å². The van der Waals surface area contributed by atoms with Crippen molar-refractivity contribution in [1.29, 1.82) is 0 Å². The van der Waals surface area contributed by atoms with Crippen LogP contribution >= 0.6 is 46.4 Å². The fourth-order valence-corrected chi connectivity index (χ4v) is 3.39. The highest BCUT2D eigenvalue weighted by atomic mass is 35.5. The summed E-state index contributed by atoms with van der Waals surface area (Å²) < 4.78 is 11.1. The molecule has 0 spiro atoms. The summed E-state index contributed by atoms with van der Waals surface area (Å²) in [7, 11) is 0. The number of nitrogens with one attached hydrogen (secondary N) is 2. The topological polar surface area (TPSA) is 59.6 Å². The molecule has 2 aromatic rings. The fourth-order valence-electron chi connectivity index (χ4n) is 2.21. The molecule has 0 unspecified atom stereocenters. The van der Waals surface area contributed by atoms with Crippen molar-refractivity contribution in [3.63, 3.8) is 0 Å². The van der Waals surface area contributed by atoms with E-state index in [0.29, 0.717) is 46.0 Å². The van der Waals surface area contributed by atoms with Crippen LogP contribution in [0.1, 0.15) is 16.8 Å². The summed E-state index contributed by atoms with van der Waals surface area (Å²) in [4.78, 5) is 12.4. The van der Waals surface area contributed by atoms with Crippen molar-refractivity contribution < 1.29 is 14.3 Å². The standard InChI is InChI=1S/C16H12Cl4N2O3/c17-9-6-10(18)14(11(19)7-9)21-22-16(23)8-4-12(20)15-13(5-8)24-2-1-3-25-15/h4-7,21H,1-3H2,(H,22,23). The first-order valence-corrected chi connectivity index (χ1v) is 8.77. The molecule has 0 aromatic heterocycles. The maximum absolute atomic E-state index is 12.4. The minimum Gasteiger partial charge on any atom is -0.489 e. The average Bonchev–Trinajstić information content (AvgIpc) is 2.79. The van der Waals surface area contributed by atoms with Crippen molar-refractivity contribution in [3.8, 4) is 11.5 Å². The van der Waals surface area contributed by atoms with Crippen LogP contribution in [0.2, 0.25) is 20.1 Å². The highest BCUT2D eigenvalue weighted by Gasteiger charge is 2.19. The first kappa shape index (κ1) is 18.3. The summed E-state index contributed by atoms with van der Waals surface area (Å²) in [5.74, 6) is 0.421. The van der Waals surface area contributed by atoms with Gasteiger partial charge in [-0.15, -0.1) is 0 Å². The molecular formula is C16H12Cl4N2O3. The van der Waals surface area contributed by atoms with Crippen molar-refractivity contribution in [2.45, 2.75) is 6.42 Å². The zero-order valence-electron chi connectivity index (χ0n) is 12.7. The number of halogens is 4. The quantitative estimate of drug-likeness (QED) is 0.667. The molecule has 1 aliphatic heterocycles. The molecule has 2 N–H and O–H groups in total. The lowest BCUT2D eigenvalue weighted by Crippen LogP contribution is -2.29. The molecule has 5 nitrogen and oxygen atoms in total. The highest BCUT2D eigenvalue weighted by Crippen LogP contribution is 2.38. The van der Waals surface area contributed by atoms with Crippen molar-refractivity contribution >= 4 is 58.0 Å². The molecule has 0 fully saturated rings. The molecule has 0 saturated carbocycles. The molecule has 2 aromatic carbocycles. The molecular weight excluding hydrogens is 410 g/mol. The molecule has 0 bridgehead atoms. The Morgan fingerprint density at radius 1 is 0.920 bits per heavy atom. The smallest absolute Gasteiger partial charge is 0.269 e. The summed E-state index contributed by atoms with van der Waals surface area (Å²) in [6.07, 6.45) is 0.738. The van der Waals surface area contributed by atoms with E-state index in [4.69, 9.17) is 55.9 Å². The highest BCUT2D eigenvalue weighted by molar-refractivity contribution is 6.41. The molecule has 1 aliphatic rings. The Hall–Kier alpha value is -1.53. The van der Waals surface area contributed by atoms with Crippen LogP contribution in [-0.4, -0.2) is 19.1 Å². The summed E-state index contributed by atoms with van der Waals surface area (Å²) in [5, 5.41) is 1.23. The molecule has 25 heavy (non-hydrogen) atoms. The number of hydrogen-bond donors (Lipinski definition) is 2. The largest absolute Gasteiger partial charge is 0.489 e. The van der Waals surface area contributed by atoms with Crippen LogP contribution in [0.25, 0.3) is 0 Å². The van der Waals surface area contributed by atoms with Gasteiger partial charge in [0.1, 0.15) is 0 Å². The van der Waals surface area contributed by atoms with Crippen molar-refractivity contribution in [2.24, 2.45) is 0 Å². The number of carbonyl (C=O) groups excluding carboxylic acids is 1. The van der Waals surface area contributed by atoms with Crippen molar-refractivity contribution in [3.05, 3.63) is 49.9 Å². The van der Waals surface area contributed by atoms with Gasteiger partial charge in [-0.3, -0.25) is 15.6 Å². The van der Waals surface area contributed by atoms with Crippen LogP contribution in [0.15, 0.2) is 24.3 Å². The minimum absolute atomic E-state index is 0.273. The van der Waals surface area contributed by atoms with Gasteiger partial charge in [0.25, 0.3) is 5.91 Å². The predicted molar refractivity (Wildman–Crippen MR) is 99.6 cm³/mol. The number of hydrazine groups is 1. The summed E-state index contributed by atoms with van der Waals surface area (Å²) in [6.45, 7) is 0.996. The zero-order valence-corrected chi connectivity index (χ0v) is 15.7. The Morgan fingerprint density at radius 3 is 2.32 bits per heavy atom. The number of rotatable bonds is 3. The van der Waals surface area contributed by atoms with Gasteiger partial charge in [0, 0.05) is 17.0 Å². The molecule has 0 atom stereocenters. The number of fused-ring (bicyclic) bond motifs is 1. The zero-order chi connectivity index (χ0) is 18.0. The number of amides is 1. The maximum atomic E-state index is 12.4. The normalized spacial score (nSPS) is 13.1. The Morgan fingerprint density at radius 2 is 1.60 bits per heavy atom. The number of benzene rings is 2. The van der Waals surface area contributed by atoms with E-state index in [1.165, 1.54) is 18.2 Å². The number of ether oxygens (including phenoxy) is 2. The summed E-state index contributed by atoms with van der Waals surface area (Å²) in [5.41, 5.74) is 5.82.